The zero-order valence-electron chi connectivity index (χ0n) is 11.5. The molecule has 0 radical (unpaired) electrons. The Kier molecular flexibility index (Phi) is 4.64. The van der Waals surface area contributed by atoms with Gasteiger partial charge in [0, 0.05) is 11.6 Å². The molecule has 0 saturated carbocycles. The molecule has 4 nitrogen and oxygen atoms in total. The molecule has 112 valence electrons. The fraction of sp³-hybridized carbons (Fsp3) is 0.286. The quantitative estimate of drug-likeness (QED) is 0.912. The van der Waals surface area contributed by atoms with Crippen molar-refractivity contribution in [1.82, 2.24) is 10.3 Å². The molecule has 0 fully saturated rings. The van der Waals surface area contributed by atoms with E-state index in [2.05, 4.69) is 10.3 Å². The van der Waals surface area contributed by atoms with Gasteiger partial charge in [-0.15, -0.1) is 11.3 Å². The Balaban J connectivity index is 2.30. The number of carbonyl (C=O) groups is 1. The zero-order chi connectivity index (χ0) is 15.6. The van der Waals surface area contributed by atoms with Crippen LogP contribution in [-0.2, 0) is 0 Å². The van der Waals surface area contributed by atoms with Gasteiger partial charge in [-0.2, -0.15) is 0 Å². The predicted molar refractivity (Wildman–Crippen MR) is 76.2 cm³/mol. The Morgan fingerprint density at radius 2 is 2.14 bits per heavy atom. The third-order valence-electron chi connectivity index (χ3n) is 2.82. The fourth-order valence-electron chi connectivity index (χ4n) is 1.69. The minimum atomic E-state index is -0.958. The molecule has 1 amide bonds. The number of aromatic nitrogens is 1. The summed E-state index contributed by atoms with van der Waals surface area (Å²) in [5, 5.41) is 12.0. The van der Waals surface area contributed by atoms with Crippen molar-refractivity contribution in [2.24, 2.45) is 0 Å². The summed E-state index contributed by atoms with van der Waals surface area (Å²) in [4.78, 5) is 16.6. The summed E-state index contributed by atoms with van der Waals surface area (Å²) in [6.07, 6.45) is 0. The van der Waals surface area contributed by atoms with Crippen LogP contribution in [0.4, 0.5) is 8.78 Å². The van der Waals surface area contributed by atoms with Gasteiger partial charge in [0.05, 0.1) is 12.3 Å². The first-order valence-electron chi connectivity index (χ1n) is 6.27. The zero-order valence-corrected chi connectivity index (χ0v) is 12.3. The number of carbonyl (C=O) groups excluding carboxylic acids is 1. The highest BCUT2D eigenvalue weighted by atomic mass is 32.1. The van der Waals surface area contributed by atoms with E-state index in [1.807, 2.05) is 0 Å². The Bertz CT molecular complexity index is 673. The molecule has 1 aromatic heterocycles. The molecule has 21 heavy (non-hydrogen) atoms. The number of benzene rings is 1. The van der Waals surface area contributed by atoms with Crippen molar-refractivity contribution in [3.05, 3.63) is 40.4 Å². The van der Waals surface area contributed by atoms with Gasteiger partial charge in [-0.3, -0.25) is 4.79 Å². The fourth-order valence-corrected chi connectivity index (χ4v) is 2.66. The van der Waals surface area contributed by atoms with Crippen molar-refractivity contribution >= 4 is 17.2 Å². The Labute approximate surface area is 124 Å². The summed E-state index contributed by atoms with van der Waals surface area (Å²) in [5.74, 6) is -2.23. The van der Waals surface area contributed by atoms with E-state index in [1.54, 1.807) is 13.8 Å². The maximum atomic E-state index is 13.2. The summed E-state index contributed by atoms with van der Waals surface area (Å²) in [7, 11) is 0. The number of hydrogen-bond acceptors (Lipinski definition) is 4. The Hall–Kier alpha value is -1.86. The highest BCUT2D eigenvalue weighted by molar-refractivity contribution is 7.17. The van der Waals surface area contributed by atoms with Crippen LogP contribution in [0.3, 0.4) is 0 Å². The minimum absolute atomic E-state index is 0.167. The second kappa shape index (κ2) is 6.28. The predicted octanol–water partition coefficient (Wildman–Crippen LogP) is 2.51. The second-order valence-electron chi connectivity index (χ2n) is 4.62. The molecule has 0 saturated heterocycles. The van der Waals surface area contributed by atoms with Crippen LogP contribution in [0.5, 0.6) is 0 Å². The first-order chi connectivity index (χ1) is 9.92. The van der Waals surface area contributed by atoms with Gasteiger partial charge in [0.1, 0.15) is 9.88 Å². The molecule has 2 rings (SSSR count). The van der Waals surface area contributed by atoms with Crippen molar-refractivity contribution in [2.45, 2.75) is 19.9 Å². The first kappa shape index (κ1) is 15.5. The van der Waals surface area contributed by atoms with E-state index in [1.165, 1.54) is 6.07 Å². The number of amides is 1. The van der Waals surface area contributed by atoms with E-state index in [0.29, 0.717) is 21.1 Å². The van der Waals surface area contributed by atoms with E-state index in [0.717, 1.165) is 23.5 Å². The van der Waals surface area contributed by atoms with Crippen molar-refractivity contribution < 1.29 is 18.7 Å². The third kappa shape index (κ3) is 3.43. The van der Waals surface area contributed by atoms with Crippen molar-refractivity contribution in [2.75, 3.05) is 6.61 Å². The van der Waals surface area contributed by atoms with E-state index >= 15 is 0 Å². The molecular weight excluding hydrogens is 298 g/mol. The Morgan fingerprint density at radius 3 is 2.76 bits per heavy atom. The second-order valence-corrected chi connectivity index (χ2v) is 5.62. The molecule has 1 atom stereocenters. The molecule has 0 aliphatic heterocycles. The van der Waals surface area contributed by atoms with Gasteiger partial charge in [0.15, 0.2) is 11.6 Å². The summed E-state index contributed by atoms with van der Waals surface area (Å²) in [5.41, 5.74) is 0.915. The van der Waals surface area contributed by atoms with Crippen LogP contribution in [0.1, 0.15) is 22.3 Å². The van der Waals surface area contributed by atoms with Gasteiger partial charge in [-0.05, 0) is 32.0 Å². The Morgan fingerprint density at radius 1 is 1.43 bits per heavy atom. The van der Waals surface area contributed by atoms with Crippen LogP contribution in [0.25, 0.3) is 10.6 Å². The van der Waals surface area contributed by atoms with Gasteiger partial charge >= 0.3 is 0 Å². The minimum Gasteiger partial charge on any atom is -0.394 e. The molecule has 7 heteroatoms. The van der Waals surface area contributed by atoms with Crippen LogP contribution in [0.2, 0.25) is 0 Å². The number of thiazole rings is 1. The highest BCUT2D eigenvalue weighted by Crippen LogP contribution is 2.28. The lowest BCUT2D eigenvalue weighted by molar-refractivity contribution is 0.0925. The maximum absolute atomic E-state index is 13.2. The molecule has 2 aromatic rings. The monoisotopic (exact) mass is 312 g/mol. The van der Waals surface area contributed by atoms with E-state index in [9.17, 15) is 13.6 Å². The molecular formula is C14H14F2N2O2S. The number of aryl methyl sites for hydroxylation is 1. The lowest BCUT2D eigenvalue weighted by Crippen LogP contribution is -2.34. The van der Waals surface area contributed by atoms with E-state index in [4.69, 9.17) is 5.11 Å². The summed E-state index contributed by atoms with van der Waals surface area (Å²) in [6, 6.07) is 3.11. The number of aliphatic hydroxyl groups is 1. The molecule has 0 aliphatic carbocycles. The summed E-state index contributed by atoms with van der Waals surface area (Å²) in [6.45, 7) is 3.17. The average molecular weight is 312 g/mol. The standard InChI is InChI=1S/C14H14F2N2O2S/c1-7(6-19)17-13(20)12-8(2)18-14(21-12)9-3-4-10(15)11(16)5-9/h3-5,7,19H,6H2,1-2H3,(H,17,20). The van der Waals surface area contributed by atoms with E-state index in [-0.39, 0.29) is 18.6 Å². The van der Waals surface area contributed by atoms with Crippen molar-refractivity contribution in [3.63, 3.8) is 0 Å². The normalized spacial score (nSPS) is 12.2. The van der Waals surface area contributed by atoms with E-state index < -0.39 is 11.6 Å². The van der Waals surface area contributed by atoms with Crippen molar-refractivity contribution in [3.8, 4) is 10.6 Å². The number of halogens is 2. The average Bonchev–Trinajstić information content (AvgIpc) is 2.83. The van der Waals surface area contributed by atoms with Crippen molar-refractivity contribution in [1.29, 1.82) is 0 Å². The molecule has 0 bridgehead atoms. The lowest BCUT2D eigenvalue weighted by atomic mass is 10.2. The molecule has 1 aromatic carbocycles. The number of rotatable bonds is 4. The lowest BCUT2D eigenvalue weighted by Gasteiger charge is -2.09. The molecule has 0 spiro atoms. The smallest absolute Gasteiger partial charge is 0.263 e. The van der Waals surface area contributed by atoms with Gasteiger partial charge in [0.25, 0.3) is 5.91 Å². The highest BCUT2D eigenvalue weighted by Gasteiger charge is 2.18. The largest absolute Gasteiger partial charge is 0.394 e. The summed E-state index contributed by atoms with van der Waals surface area (Å²) < 4.78 is 26.2. The third-order valence-corrected chi connectivity index (χ3v) is 4.03. The summed E-state index contributed by atoms with van der Waals surface area (Å²) >= 11 is 1.09. The van der Waals surface area contributed by atoms with Gasteiger partial charge < -0.3 is 10.4 Å². The first-order valence-corrected chi connectivity index (χ1v) is 7.08. The topological polar surface area (TPSA) is 62.2 Å². The van der Waals surface area contributed by atoms with Gasteiger partial charge in [0.2, 0.25) is 0 Å². The van der Waals surface area contributed by atoms with Crippen LogP contribution < -0.4 is 5.32 Å². The number of aliphatic hydroxyl groups excluding tert-OH is 1. The number of nitrogens with one attached hydrogen (secondary N) is 1. The number of nitrogens with zero attached hydrogens (tertiary/aromatic N) is 1. The molecule has 2 N–H and O–H groups in total. The molecule has 1 unspecified atom stereocenters. The molecule has 0 aliphatic rings. The number of hydrogen-bond donors (Lipinski definition) is 2. The maximum Gasteiger partial charge on any atom is 0.263 e. The van der Waals surface area contributed by atoms with Gasteiger partial charge in [-0.25, -0.2) is 13.8 Å². The van der Waals surface area contributed by atoms with Gasteiger partial charge in [-0.1, -0.05) is 0 Å². The van der Waals surface area contributed by atoms with Crippen LogP contribution in [-0.4, -0.2) is 28.6 Å². The SMILES string of the molecule is Cc1nc(-c2ccc(F)c(F)c2)sc1C(=O)NC(C)CO. The molecule has 1 heterocycles. The van der Waals surface area contributed by atoms with Crippen LogP contribution in [0.15, 0.2) is 18.2 Å². The van der Waals surface area contributed by atoms with Crippen LogP contribution in [0, 0.1) is 18.6 Å². The van der Waals surface area contributed by atoms with Crippen LogP contribution >= 0.6 is 11.3 Å².